The molecule has 2 aliphatic heterocycles. The van der Waals surface area contributed by atoms with Gasteiger partial charge in [-0.05, 0) is 92.8 Å². The number of allylic oxidation sites excluding steroid dienone is 2. The average Bonchev–Trinajstić information content (AvgIpc) is 3.54. The normalized spacial score (nSPS) is 26.0. The molecular formula is C42H34F3N3O7. The number of halogens is 3. The first-order chi connectivity index (χ1) is 26.2. The summed E-state index contributed by atoms with van der Waals surface area (Å²) in [6.45, 7) is 3.27. The molecule has 1 saturated carbocycles. The third kappa shape index (κ3) is 5.67. The van der Waals surface area contributed by atoms with E-state index in [1.165, 1.54) is 31.2 Å². The molecule has 8 rings (SSSR count). The molecule has 13 heteroatoms. The molecule has 0 spiro atoms. The Bertz CT molecular complexity index is 2290. The van der Waals surface area contributed by atoms with Crippen molar-refractivity contribution in [3.63, 3.8) is 0 Å². The highest BCUT2D eigenvalue weighted by molar-refractivity contribution is 6.22. The van der Waals surface area contributed by atoms with Crippen molar-refractivity contribution in [1.29, 1.82) is 0 Å². The predicted octanol–water partition coefficient (Wildman–Crippen LogP) is 6.99. The molecule has 0 aromatic heterocycles. The second kappa shape index (κ2) is 13.0. The Hall–Kier alpha value is -6.24. The minimum Gasteiger partial charge on any atom is -0.508 e. The molecule has 4 aromatic carbocycles. The number of phenols is 1. The van der Waals surface area contributed by atoms with E-state index in [9.17, 15) is 37.5 Å². The molecule has 4 aliphatic rings. The number of hydrogen-bond acceptors (Lipinski definition) is 8. The van der Waals surface area contributed by atoms with E-state index in [1.54, 1.807) is 60.7 Å². The molecule has 0 bridgehead atoms. The third-order valence-electron chi connectivity index (χ3n) is 11.5. The standard InChI is InChI=1S/C42H34F3N3O7/c1-22-8-12-26(13-9-22)46-48-38(52)33-21-31-29(17-18-30-35(31)39(53)47(37(30)51)27-14-10-24(11-15-27)23(2)49)36(41(33,40(48)54)25-6-4-3-5-7-25)32-20-28(16-19-34(32)50)55-42(43,44)45/h3-17,19-20,30-31,33,35-36,46,50H,18,21H2,1-2H3. The van der Waals surface area contributed by atoms with Gasteiger partial charge in [-0.25, -0.2) is 0 Å². The number of rotatable bonds is 7. The SMILES string of the molecule is CC(=O)c1ccc(N2C(=O)C3CC=C4C(CC5C(=O)N(Nc6ccc(C)cc6)C(=O)C5(c5ccccc5)C4c4cc(OC(F)(F)F)ccc4O)C3C2=O)cc1. The number of ketones is 1. The first-order valence-electron chi connectivity index (χ1n) is 17.8. The maximum atomic E-state index is 15.3. The van der Waals surface area contributed by atoms with Gasteiger partial charge in [-0.15, -0.1) is 13.2 Å². The predicted molar refractivity (Wildman–Crippen MR) is 193 cm³/mol. The van der Waals surface area contributed by atoms with Crippen molar-refractivity contribution in [1.82, 2.24) is 5.01 Å². The highest BCUT2D eigenvalue weighted by Crippen LogP contribution is 2.65. The van der Waals surface area contributed by atoms with Gasteiger partial charge in [-0.1, -0.05) is 59.7 Å². The van der Waals surface area contributed by atoms with Gasteiger partial charge in [0.05, 0.1) is 34.5 Å². The summed E-state index contributed by atoms with van der Waals surface area (Å²) in [5, 5.41) is 12.4. The summed E-state index contributed by atoms with van der Waals surface area (Å²) in [6, 6.07) is 24.5. The monoisotopic (exact) mass is 749 g/mol. The van der Waals surface area contributed by atoms with Gasteiger partial charge in [-0.3, -0.25) is 34.3 Å². The van der Waals surface area contributed by atoms with E-state index in [-0.39, 0.29) is 29.9 Å². The zero-order chi connectivity index (χ0) is 39.0. The lowest BCUT2D eigenvalue weighted by atomic mass is 9.49. The first kappa shape index (κ1) is 35.8. The van der Waals surface area contributed by atoms with Crippen LogP contribution < -0.4 is 15.1 Å². The van der Waals surface area contributed by atoms with E-state index in [4.69, 9.17) is 0 Å². The molecule has 6 atom stereocenters. The van der Waals surface area contributed by atoms with Crippen LogP contribution in [0.4, 0.5) is 24.5 Å². The molecule has 280 valence electrons. The Labute approximate surface area is 313 Å². The molecule has 2 saturated heterocycles. The average molecular weight is 750 g/mol. The number of carbonyl (C=O) groups is 5. The van der Waals surface area contributed by atoms with Crippen molar-refractivity contribution < 1.29 is 47.0 Å². The highest BCUT2D eigenvalue weighted by Gasteiger charge is 2.70. The number of phenolic OH excluding ortho intramolecular Hbond substituents is 1. The van der Waals surface area contributed by atoms with Gasteiger partial charge in [0.15, 0.2) is 5.78 Å². The summed E-state index contributed by atoms with van der Waals surface area (Å²) in [7, 11) is 0. The van der Waals surface area contributed by atoms with E-state index in [0.717, 1.165) is 33.7 Å². The number of nitrogens with zero attached hydrogens (tertiary/aromatic N) is 2. The maximum Gasteiger partial charge on any atom is 0.573 e. The minimum absolute atomic E-state index is 0.0438. The number of aromatic hydroxyl groups is 1. The van der Waals surface area contributed by atoms with Crippen molar-refractivity contribution >= 4 is 40.8 Å². The molecule has 2 N–H and O–H groups in total. The van der Waals surface area contributed by atoms with Gasteiger partial charge in [0, 0.05) is 17.0 Å². The maximum absolute atomic E-state index is 15.3. The van der Waals surface area contributed by atoms with E-state index in [2.05, 4.69) is 10.2 Å². The molecule has 2 aliphatic carbocycles. The number of hydrogen-bond donors (Lipinski definition) is 2. The van der Waals surface area contributed by atoms with Gasteiger partial charge >= 0.3 is 6.36 Å². The van der Waals surface area contributed by atoms with Crippen molar-refractivity contribution in [3.05, 3.63) is 131 Å². The van der Waals surface area contributed by atoms with E-state index in [1.807, 2.05) is 6.92 Å². The van der Waals surface area contributed by atoms with Gasteiger partial charge < -0.3 is 9.84 Å². The summed E-state index contributed by atoms with van der Waals surface area (Å²) >= 11 is 0. The molecule has 3 fully saturated rings. The second-order valence-electron chi connectivity index (χ2n) is 14.5. The fourth-order valence-electron chi connectivity index (χ4n) is 9.15. The largest absolute Gasteiger partial charge is 0.573 e. The molecule has 55 heavy (non-hydrogen) atoms. The number of imide groups is 2. The van der Waals surface area contributed by atoms with Gasteiger partial charge in [0.25, 0.3) is 11.8 Å². The lowest BCUT2D eigenvalue weighted by Gasteiger charge is -2.50. The lowest BCUT2D eigenvalue weighted by molar-refractivity contribution is -0.274. The number of alkyl halides is 3. The number of amides is 4. The molecule has 6 unspecified atom stereocenters. The summed E-state index contributed by atoms with van der Waals surface area (Å²) in [6.07, 6.45) is -3.38. The fraction of sp³-hybridized carbons (Fsp3) is 0.262. The van der Waals surface area contributed by atoms with Crippen LogP contribution in [0.2, 0.25) is 0 Å². The minimum atomic E-state index is -5.09. The van der Waals surface area contributed by atoms with Crippen molar-refractivity contribution in [2.24, 2.45) is 23.7 Å². The van der Waals surface area contributed by atoms with Crippen molar-refractivity contribution in [2.45, 2.75) is 44.4 Å². The Balaban J connectivity index is 1.32. The Kier molecular flexibility index (Phi) is 8.43. The fourth-order valence-corrected chi connectivity index (χ4v) is 9.15. The second-order valence-corrected chi connectivity index (χ2v) is 14.5. The van der Waals surface area contributed by atoms with Crippen LogP contribution in [-0.4, -0.2) is 45.9 Å². The van der Waals surface area contributed by atoms with Crippen LogP contribution in [0.25, 0.3) is 0 Å². The number of fused-ring (bicyclic) bond motifs is 4. The van der Waals surface area contributed by atoms with Crippen LogP contribution in [0.3, 0.4) is 0 Å². The molecule has 2 heterocycles. The number of Topliss-reactive ketones (excluding diaryl/α,β-unsaturated/α-hetero) is 1. The summed E-state index contributed by atoms with van der Waals surface area (Å²) in [5.41, 5.74) is 3.84. The molecule has 4 aromatic rings. The molecule has 10 nitrogen and oxygen atoms in total. The van der Waals surface area contributed by atoms with Gasteiger partial charge in [-0.2, -0.15) is 5.01 Å². The third-order valence-corrected chi connectivity index (χ3v) is 11.5. The summed E-state index contributed by atoms with van der Waals surface area (Å²) < 4.78 is 45.1. The number of ether oxygens (including phenoxy) is 1. The van der Waals surface area contributed by atoms with Crippen LogP contribution in [-0.2, 0) is 24.6 Å². The van der Waals surface area contributed by atoms with Gasteiger partial charge in [0.2, 0.25) is 11.8 Å². The zero-order valence-corrected chi connectivity index (χ0v) is 29.5. The number of carbonyl (C=O) groups excluding carboxylic acids is 5. The number of anilines is 2. The van der Waals surface area contributed by atoms with Gasteiger partial charge in [0.1, 0.15) is 11.5 Å². The smallest absolute Gasteiger partial charge is 0.508 e. The first-order valence-corrected chi connectivity index (χ1v) is 17.8. The van der Waals surface area contributed by atoms with Crippen LogP contribution in [0, 0.1) is 30.6 Å². The van der Waals surface area contributed by atoms with Crippen LogP contribution >= 0.6 is 0 Å². The van der Waals surface area contributed by atoms with E-state index < -0.39 is 76.5 Å². The molecular weight excluding hydrogens is 715 g/mol. The summed E-state index contributed by atoms with van der Waals surface area (Å²) in [5.74, 6) is -8.86. The molecule has 0 radical (unpaired) electrons. The Morgan fingerprint density at radius 3 is 2.22 bits per heavy atom. The zero-order valence-electron chi connectivity index (χ0n) is 29.5. The van der Waals surface area contributed by atoms with Crippen molar-refractivity contribution in [2.75, 3.05) is 10.3 Å². The van der Waals surface area contributed by atoms with E-state index >= 15 is 4.79 Å². The highest BCUT2D eigenvalue weighted by atomic mass is 19.4. The lowest BCUT2D eigenvalue weighted by Crippen LogP contribution is -2.53. The van der Waals surface area contributed by atoms with Crippen molar-refractivity contribution in [3.8, 4) is 11.5 Å². The quantitative estimate of drug-likeness (QED) is 0.117. The molecule has 4 amide bonds. The van der Waals surface area contributed by atoms with Crippen LogP contribution in [0.1, 0.15) is 52.7 Å². The Morgan fingerprint density at radius 2 is 1.56 bits per heavy atom. The topological polar surface area (TPSA) is 133 Å². The van der Waals surface area contributed by atoms with Crippen LogP contribution in [0.15, 0.2) is 109 Å². The number of hydrazine groups is 1. The number of nitrogens with one attached hydrogen (secondary N) is 1. The summed E-state index contributed by atoms with van der Waals surface area (Å²) in [4.78, 5) is 71.6. The Morgan fingerprint density at radius 1 is 0.873 bits per heavy atom. The number of aryl methyl sites for hydroxylation is 1. The van der Waals surface area contributed by atoms with E-state index in [0.29, 0.717) is 22.4 Å². The number of benzene rings is 4. The van der Waals surface area contributed by atoms with Crippen LogP contribution in [0.5, 0.6) is 11.5 Å².